The van der Waals surface area contributed by atoms with E-state index in [9.17, 15) is 19.7 Å². The maximum atomic E-state index is 12.0. The number of esters is 1. The third-order valence-electron chi connectivity index (χ3n) is 3.37. The predicted octanol–water partition coefficient (Wildman–Crippen LogP) is 2.62. The van der Waals surface area contributed by atoms with E-state index in [1.165, 1.54) is 18.4 Å². The van der Waals surface area contributed by atoms with Crippen LogP contribution in [-0.2, 0) is 9.53 Å². The molecule has 2 aromatic rings. The maximum absolute atomic E-state index is 12.0. The lowest BCUT2D eigenvalue weighted by molar-refractivity contribution is -0.385. The molecule has 1 amide bonds. The van der Waals surface area contributed by atoms with Gasteiger partial charge in [-0.3, -0.25) is 14.9 Å². The van der Waals surface area contributed by atoms with E-state index < -0.39 is 23.4 Å². The average molecular weight is 362 g/mol. The van der Waals surface area contributed by atoms with Crippen LogP contribution < -0.4 is 10.1 Å². The SMILES string of the molecule is CCOc1ccc(C(=O)OCC(=O)N[C@H](C)c2ccco2)cc1[N+](=O)[O-]. The van der Waals surface area contributed by atoms with Gasteiger partial charge < -0.3 is 19.2 Å². The second-order valence-electron chi connectivity index (χ2n) is 5.25. The Hall–Kier alpha value is -3.36. The first-order chi connectivity index (χ1) is 12.4. The summed E-state index contributed by atoms with van der Waals surface area (Å²) in [5.74, 6) is -0.759. The molecule has 1 aromatic carbocycles. The largest absolute Gasteiger partial charge is 0.487 e. The van der Waals surface area contributed by atoms with Crippen LogP contribution in [0.3, 0.4) is 0 Å². The Labute approximate surface area is 149 Å². The van der Waals surface area contributed by atoms with E-state index in [0.29, 0.717) is 5.76 Å². The number of ether oxygens (including phenoxy) is 2. The highest BCUT2D eigenvalue weighted by Crippen LogP contribution is 2.28. The molecule has 0 spiro atoms. The summed E-state index contributed by atoms with van der Waals surface area (Å²) in [7, 11) is 0. The summed E-state index contributed by atoms with van der Waals surface area (Å²) in [6.45, 7) is 3.13. The fourth-order valence-corrected chi connectivity index (χ4v) is 2.17. The molecule has 0 aliphatic heterocycles. The normalized spacial score (nSPS) is 11.5. The number of carbonyl (C=O) groups is 2. The zero-order chi connectivity index (χ0) is 19.1. The van der Waals surface area contributed by atoms with Crippen LogP contribution in [0.15, 0.2) is 41.0 Å². The highest BCUT2D eigenvalue weighted by Gasteiger charge is 2.20. The van der Waals surface area contributed by atoms with Gasteiger partial charge in [0.1, 0.15) is 5.76 Å². The van der Waals surface area contributed by atoms with Crippen LogP contribution >= 0.6 is 0 Å². The van der Waals surface area contributed by atoms with Gasteiger partial charge in [0.15, 0.2) is 12.4 Å². The van der Waals surface area contributed by atoms with Crippen molar-refractivity contribution < 1.29 is 28.4 Å². The number of benzene rings is 1. The minimum Gasteiger partial charge on any atom is -0.487 e. The molecule has 0 saturated heterocycles. The smallest absolute Gasteiger partial charge is 0.338 e. The summed E-state index contributed by atoms with van der Waals surface area (Å²) >= 11 is 0. The number of nitro benzene ring substituents is 1. The van der Waals surface area contributed by atoms with E-state index in [4.69, 9.17) is 13.9 Å². The highest BCUT2D eigenvalue weighted by molar-refractivity contribution is 5.92. The van der Waals surface area contributed by atoms with Gasteiger partial charge in [0, 0.05) is 6.07 Å². The monoisotopic (exact) mass is 362 g/mol. The standard InChI is InChI=1S/C17H18N2O7/c1-3-24-15-7-6-12(9-13(15)19(22)23)17(21)26-10-16(20)18-11(2)14-5-4-8-25-14/h4-9,11H,3,10H2,1-2H3,(H,18,20)/t11-/m1/s1. The number of hydrogen-bond acceptors (Lipinski definition) is 7. The summed E-state index contributed by atoms with van der Waals surface area (Å²) in [4.78, 5) is 34.3. The molecule has 0 aliphatic rings. The lowest BCUT2D eigenvalue weighted by Gasteiger charge is -2.11. The third kappa shape index (κ3) is 4.82. The van der Waals surface area contributed by atoms with Crippen molar-refractivity contribution >= 4 is 17.6 Å². The molecule has 0 unspecified atom stereocenters. The topological polar surface area (TPSA) is 121 Å². The van der Waals surface area contributed by atoms with Crippen LogP contribution in [0, 0.1) is 10.1 Å². The Kier molecular flexibility index (Phi) is 6.31. The number of nitrogens with one attached hydrogen (secondary N) is 1. The minimum absolute atomic E-state index is 0.0490. The molecule has 0 radical (unpaired) electrons. The fourth-order valence-electron chi connectivity index (χ4n) is 2.17. The van der Waals surface area contributed by atoms with Gasteiger partial charge >= 0.3 is 11.7 Å². The molecule has 1 N–H and O–H groups in total. The van der Waals surface area contributed by atoms with Crippen LogP contribution in [-0.4, -0.2) is 30.0 Å². The maximum Gasteiger partial charge on any atom is 0.338 e. The van der Waals surface area contributed by atoms with E-state index >= 15 is 0 Å². The quantitative estimate of drug-likeness (QED) is 0.435. The fraction of sp³-hybridized carbons (Fsp3) is 0.294. The van der Waals surface area contributed by atoms with Crippen LogP contribution in [0.2, 0.25) is 0 Å². The molecule has 26 heavy (non-hydrogen) atoms. The highest BCUT2D eigenvalue weighted by atomic mass is 16.6. The number of furan rings is 1. The molecule has 1 atom stereocenters. The van der Waals surface area contributed by atoms with Crippen molar-refractivity contribution in [2.24, 2.45) is 0 Å². The van der Waals surface area contributed by atoms with Gasteiger partial charge in [-0.25, -0.2) is 4.79 Å². The van der Waals surface area contributed by atoms with Gasteiger partial charge in [-0.05, 0) is 38.1 Å². The first kappa shape index (κ1) is 19.0. The van der Waals surface area contributed by atoms with Crippen molar-refractivity contribution in [1.29, 1.82) is 0 Å². The molecule has 1 heterocycles. The van der Waals surface area contributed by atoms with E-state index in [-0.39, 0.29) is 29.6 Å². The second kappa shape index (κ2) is 8.65. The Balaban J connectivity index is 1.96. The zero-order valence-corrected chi connectivity index (χ0v) is 14.3. The van der Waals surface area contributed by atoms with Crippen molar-refractivity contribution in [2.75, 3.05) is 13.2 Å². The van der Waals surface area contributed by atoms with Crippen molar-refractivity contribution in [3.63, 3.8) is 0 Å². The lowest BCUT2D eigenvalue weighted by atomic mass is 10.2. The van der Waals surface area contributed by atoms with Crippen LogP contribution in [0.5, 0.6) is 5.75 Å². The summed E-state index contributed by atoms with van der Waals surface area (Å²) in [6, 6.07) is 6.72. The van der Waals surface area contributed by atoms with Crippen molar-refractivity contribution in [3.05, 3.63) is 58.0 Å². The molecule has 138 valence electrons. The number of amides is 1. The molecule has 2 rings (SSSR count). The Morgan fingerprint density at radius 3 is 2.73 bits per heavy atom. The molecule has 0 aliphatic carbocycles. The van der Waals surface area contributed by atoms with E-state index in [1.807, 2.05) is 0 Å². The second-order valence-corrected chi connectivity index (χ2v) is 5.25. The van der Waals surface area contributed by atoms with Crippen LogP contribution in [0.4, 0.5) is 5.69 Å². The Bertz CT molecular complexity index is 786. The van der Waals surface area contributed by atoms with Gasteiger partial charge in [-0.1, -0.05) is 0 Å². The Morgan fingerprint density at radius 1 is 1.35 bits per heavy atom. The van der Waals surface area contributed by atoms with Gasteiger partial charge in [-0.2, -0.15) is 0 Å². The number of nitro groups is 1. The summed E-state index contributed by atoms with van der Waals surface area (Å²) in [5, 5.41) is 13.7. The predicted molar refractivity (Wildman–Crippen MR) is 89.8 cm³/mol. The van der Waals surface area contributed by atoms with E-state index in [2.05, 4.69) is 5.32 Å². The molecule has 0 bridgehead atoms. The number of carbonyl (C=O) groups excluding carboxylic acids is 2. The first-order valence-corrected chi connectivity index (χ1v) is 7.83. The van der Waals surface area contributed by atoms with Gasteiger partial charge in [0.25, 0.3) is 5.91 Å². The summed E-state index contributed by atoms with van der Waals surface area (Å²) in [6.07, 6.45) is 1.48. The summed E-state index contributed by atoms with van der Waals surface area (Å²) in [5.41, 5.74) is -0.399. The number of nitrogens with zero attached hydrogens (tertiary/aromatic N) is 1. The third-order valence-corrected chi connectivity index (χ3v) is 3.37. The molecule has 0 saturated carbocycles. The van der Waals surface area contributed by atoms with Crippen LogP contribution in [0.25, 0.3) is 0 Å². The van der Waals surface area contributed by atoms with E-state index in [0.717, 1.165) is 6.07 Å². The van der Waals surface area contributed by atoms with Crippen molar-refractivity contribution in [3.8, 4) is 5.75 Å². The van der Waals surface area contributed by atoms with Gasteiger partial charge in [0.2, 0.25) is 0 Å². The number of rotatable bonds is 8. The number of hydrogen-bond donors (Lipinski definition) is 1. The molecular weight excluding hydrogens is 344 g/mol. The zero-order valence-electron chi connectivity index (χ0n) is 14.3. The molecule has 9 nitrogen and oxygen atoms in total. The molecule has 1 aromatic heterocycles. The molecular formula is C17H18N2O7. The first-order valence-electron chi connectivity index (χ1n) is 7.83. The summed E-state index contributed by atoms with van der Waals surface area (Å²) < 4.78 is 15.2. The van der Waals surface area contributed by atoms with Gasteiger partial charge in [0.05, 0.1) is 29.4 Å². The lowest BCUT2D eigenvalue weighted by Crippen LogP contribution is -2.31. The van der Waals surface area contributed by atoms with Crippen molar-refractivity contribution in [1.82, 2.24) is 5.32 Å². The molecule has 0 fully saturated rings. The Morgan fingerprint density at radius 2 is 2.12 bits per heavy atom. The van der Waals surface area contributed by atoms with Gasteiger partial charge in [-0.15, -0.1) is 0 Å². The average Bonchev–Trinajstić information content (AvgIpc) is 3.15. The van der Waals surface area contributed by atoms with Crippen molar-refractivity contribution in [2.45, 2.75) is 19.9 Å². The minimum atomic E-state index is -0.850. The van der Waals surface area contributed by atoms with Crippen LogP contribution in [0.1, 0.15) is 36.0 Å². The molecule has 9 heteroatoms. The van der Waals surface area contributed by atoms with E-state index in [1.54, 1.807) is 26.0 Å².